The van der Waals surface area contributed by atoms with Gasteiger partial charge in [-0.2, -0.15) is 5.10 Å². The molecule has 168 valence electrons. The molecule has 3 aromatic rings. The molecule has 0 saturated heterocycles. The Bertz CT molecular complexity index is 1230. The molecule has 10 heteroatoms. The summed E-state index contributed by atoms with van der Waals surface area (Å²) in [6.45, 7) is 1.64. The van der Waals surface area contributed by atoms with Gasteiger partial charge in [-0.25, -0.2) is 10.2 Å². The Morgan fingerprint density at radius 2 is 1.42 bits per heavy atom. The van der Waals surface area contributed by atoms with E-state index >= 15 is 0 Å². The van der Waals surface area contributed by atoms with Gasteiger partial charge in [0.1, 0.15) is 5.75 Å². The molecule has 0 bridgehead atoms. The predicted octanol–water partition coefficient (Wildman–Crippen LogP) is 5.34. The topological polar surface area (TPSA) is 96.9 Å². The summed E-state index contributed by atoms with van der Waals surface area (Å²) in [7, 11) is 0. The third-order valence-corrected chi connectivity index (χ3v) is 5.26. The molecule has 0 atom stereocenters. The Hall–Kier alpha value is -3.39. The zero-order valence-corrected chi connectivity index (χ0v) is 19.3. The Kier molecular flexibility index (Phi) is 8.06. The maximum Gasteiger partial charge on any atom is 0.343 e. The molecule has 0 aliphatic heterocycles. The van der Waals surface area contributed by atoms with Gasteiger partial charge in [0, 0.05) is 10.7 Å². The summed E-state index contributed by atoms with van der Waals surface area (Å²) in [6.07, 6.45) is 0. The number of halogens is 3. The van der Waals surface area contributed by atoms with Crippen molar-refractivity contribution in [3.63, 3.8) is 0 Å². The van der Waals surface area contributed by atoms with Crippen molar-refractivity contribution in [3.8, 4) is 5.75 Å². The van der Waals surface area contributed by atoms with Gasteiger partial charge in [-0.1, -0.05) is 34.8 Å². The molecule has 0 aliphatic carbocycles. The molecule has 0 aromatic heterocycles. The zero-order valence-electron chi connectivity index (χ0n) is 17.1. The third-order valence-electron chi connectivity index (χ3n) is 4.27. The zero-order chi connectivity index (χ0) is 24.0. The van der Waals surface area contributed by atoms with Gasteiger partial charge in [0.05, 0.1) is 21.3 Å². The average Bonchev–Trinajstić information content (AvgIpc) is 2.80. The van der Waals surface area contributed by atoms with Crippen LogP contribution in [0.25, 0.3) is 0 Å². The Morgan fingerprint density at radius 3 is 2.06 bits per heavy atom. The van der Waals surface area contributed by atoms with E-state index in [9.17, 15) is 14.4 Å². The molecule has 0 aliphatic rings. The van der Waals surface area contributed by atoms with E-state index in [4.69, 9.17) is 39.5 Å². The third kappa shape index (κ3) is 6.79. The van der Waals surface area contributed by atoms with Gasteiger partial charge < -0.3 is 10.1 Å². The van der Waals surface area contributed by atoms with Crippen LogP contribution in [0.1, 0.15) is 22.8 Å². The van der Waals surface area contributed by atoms with Crippen LogP contribution >= 0.6 is 34.8 Å². The van der Waals surface area contributed by atoms with Gasteiger partial charge in [0.2, 0.25) is 0 Å². The van der Waals surface area contributed by atoms with Crippen LogP contribution in [0.5, 0.6) is 5.75 Å². The minimum atomic E-state index is -0.964. The van der Waals surface area contributed by atoms with E-state index < -0.39 is 17.8 Å². The molecule has 0 unspecified atom stereocenters. The number of anilines is 1. The standard InChI is InChI=1S/C23H16Cl3N3O4/c1-13(28-29-22(31)21(30)27-17-8-11-19(25)20(26)12-17)14-4-9-18(10-5-14)33-23(32)15-2-6-16(24)7-3-15/h2-12H,1H3,(H,27,30)(H,29,31)/b28-13+. The minimum absolute atomic E-state index is 0.242. The quantitative estimate of drug-likeness (QED) is 0.161. The first-order valence-corrected chi connectivity index (χ1v) is 10.5. The van der Waals surface area contributed by atoms with Gasteiger partial charge in [0.15, 0.2) is 0 Å². The van der Waals surface area contributed by atoms with E-state index in [0.717, 1.165) is 0 Å². The van der Waals surface area contributed by atoms with E-state index in [1.54, 1.807) is 55.5 Å². The lowest BCUT2D eigenvalue weighted by atomic mass is 10.1. The maximum absolute atomic E-state index is 12.2. The second kappa shape index (κ2) is 11.0. The summed E-state index contributed by atoms with van der Waals surface area (Å²) in [4.78, 5) is 36.2. The van der Waals surface area contributed by atoms with Crippen molar-refractivity contribution < 1.29 is 19.1 Å². The van der Waals surface area contributed by atoms with Crippen LogP contribution in [0.3, 0.4) is 0 Å². The van der Waals surface area contributed by atoms with Gasteiger partial charge >= 0.3 is 17.8 Å². The predicted molar refractivity (Wildman–Crippen MR) is 128 cm³/mol. The van der Waals surface area contributed by atoms with Crippen molar-refractivity contribution in [1.82, 2.24) is 5.43 Å². The summed E-state index contributed by atoms with van der Waals surface area (Å²) in [5.41, 5.74) is 3.94. The van der Waals surface area contributed by atoms with Crippen molar-refractivity contribution in [3.05, 3.63) is 92.9 Å². The number of carbonyl (C=O) groups is 3. The highest BCUT2D eigenvalue weighted by Crippen LogP contribution is 2.25. The molecule has 33 heavy (non-hydrogen) atoms. The molecule has 7 nitrogen and oxygen atoms in total. The number of carbonyl (C=O) groups excluding carboxylic acids is 3. The molecular weight excluding hydrogens is 489 g/mol. The van der Waals surface area contributed by atoms with Crippen LogP contribution < -0.4 is 15.5 Å². The molecule has 0 radical (unpaired) electrons. The number of benzene rings is 3. The normalized spacial score (nSPS) is 11.0. The fraction of sp³-hybridized carbons (Fsp3) is 0.0435. The van der Waals surface area contributed by atoms with Crippen LogP contribution in [0.4, 0.5) is 5.69 Å². The van der Waals surface area contributed by atoms with Crippen molar-refractivity contribution in [2.24, 2.45) is 5.10 Å². The molecule has 0 spiro atoms. The van der Waals surface area contributed by atoms with E-state index in [1.807, 2.05) is 0 Å². The van der Waals surface area contributed by atoms with Gasteiger partial charge in [0.25, 0.3) is 0 Å². The Balaban J connectivity index is 1.56. The second-order valence-electron chi connectivity index (χ2n) is 6.64. The Labute approximate surface area is 204 Å². The first-order chi connectivity index (χ1) is 15.7. The van der Waals surface area contributed by atoms with E-state index in [2.05, 4.69) is 15.8 Å². The lowest BCUT2D eigenvalue weighted by Gasteiger charge is -2.07. The number of hydrogen-bond donors (Lipinski definition) is 2. The largest absolute Gasteiger partial charge is 0.423 e. The summed E-state index contributed by atoms with van der Waals surface area (Å²) >= 11 is 17.5. The number of nitrogens with zero attached hydrogens (tertiary/aromatic N) is 1. The van der Waals surface area contributed by atoms with Crippen molar-refractivity contribution in [2.75, 3.05) is 5.32 Å². The summed E-state index contributed by atoms with van der Waals surface area (Å²) in [5, 5.41) is 7.40. The molecular formula is C23H16Cl3N3O4. The fourth-order valence-electron chi connectivity index (χ4n) is 2.53. The summed E-state index contributed by atoms with van der Waals surface area (Å²) in [6, 6.07) is 17.2. The SMILES string of the molecule is C/C(=N\NC(=O)C(=O)Nc1ccc(Cl)c(Cl)c1)c1ccc(OC(=O)c2ccc(Cl)cc2)cc1. The number of hydrazone groups is 1. The van der Waals surface area contributed by atoms with Crippen LogP contribution in [-0.4, -0.2) is 23.5 Å². The molecule has 2 N–H and O–H groups in total. The monoisotopic (exact) mass is 503 g/mol. The average molecular weight is 505 g/mol. The number of ether oxygens (including phenoxy) is 1. The molecule has 0 saturated carbocycles. The molecule has 3 rings (SSSR count). The second-order valence-corrected chi connectivity index (χ2v) is 7.89. The van der Waals surface area contributed by atoms with Crippen LogP contribution in [0, 0.1) is 0 Å². The van der Waals surface area contributed by atoms with Gasteiger partial charge in [-0.3, -0.25) is 9.59 Å². The highest BCUT2D eigenvalue weighted by molar-refractivity contribution is 6.43. The maximum atomic E-state index is 12.2. The first kappa shape index (κ1) is 24.3. The lowest BCUT2D eigenvalue weighted by Crippen LogP contribution is -2.32. The number of hydrogen-bond acceptors (Lipinski definition) is 5. The minimum Gasteiger partial charge on any atom is -0.423 e. The number of nitrogens with one attached hydrogen (secondary N) is 2. The molecule has 2 amide bonds. The fourth-order valence-corrected chi connectivity index (χ4v) is 2.95. The summed E-state index contributed by atoms with van der Waals surface area (Å²) in [5.74, 6) is -2.08. The highest BCUT2D eigenvalue weighted by atomic mass is 35.5. The summed E-state index contributed by atoms with van der Waals surface area (Å²) < 4.78 is 5.31. The van der Waals surface area contributed by atoms with E-state index in [1.165, 1.54) is 18.2 Å². The number of esters is 1. The van der Waals surface area contributed by atoms with E-state index in [0.29, 0.717) is 38.3 Å². The molecule has 0 fully saturated rings. The van der Waals surface area contributed by atoms with E-state index in [-0.39, 0.29) is 5.02 Å². The number of amides is 2. The molecule has 3 aromatic carbocycles. The van der Waals surface area contributed by atoms with Crippen molar-refractivity contribution in [2.45, 2.75) is 6.92 Å². The van der Waals surface area contributed by atoms with Crippen molar-refractivity contribution >= 4 is 64.0 Å². The first-order valence-electron chi connectivity index (χ1n) is 9.42. The van der Waals surface area contributed by atoms with Crippen molar-refractivity contribution in [1.29, 1.82) is 0 Å². The van der Waals surface area contributed by atoms with Crippen LogP contribution in [0.2, 0.25) is 15.1 Å². The lowest BCUT2D eigenvalue weighted by molar-refractivity contribution is -0.136. The van der Waals surface area contributed by atoms with Crippen LogP contribution in [-0.2, 0) is 9.59 Å². The van der Waals surface area contributed by atoms with Crippen LogP contribution in [0.15, 0.2) is 71.8 Å². The van der Waals surface area contributed by atoms with Gasteiger partial charge in [-0.15, -0.1) is 0 Å². The Morgan fingerprint density at radius 1 is 0.788 bits per heavy atom. The molecule has 0 heterocycles. The smallest absolute Gasteiger partial charge is 0.343 e. The van der Waals surface area contributed by atoms with Gasteiger partial charge in [-0.05, 0) is 79.2 Å². The number of rotatable bonds is 5. The highest BCUT2D eigenvalue weighted by Gasteiger charge is 2.14.